The number of carbonyl (C=O) groups excluding carboxylic acids is 1. The summed E-state index contributed by atoms with van der Waals surface area (Å²) in [5, 5.41) is 17.7. The SMILES string of the molecule is CSc1nc([O-])c2[n+](n1)C(c1ccc(F)cc1)N(C(C)=O)c1ccc(Br)cc1-2. The second-order valence-electron chi connectivity index (χ2n) is 6.17. The van der Waals surface area contributed by atoms with Gasteiger partial charge in [0.15, 0.2) is 0 Å². The van der Waals surface area contributed by atoms with Crippen LogP contribution >= 0.6 is 27.7 Å². The molecule has 0 radical (unpaired) electrons. The molecule has 1 aromatic heterocycles. The van der Waals surface area contributed by atoms with Gasteiger partial charge in [-0.1, -0.05) is 32.4 Å². The lowest BCUT2D eigenvalue weighted by Crippen LogP contribution is -2.58. The number of aromatic nitrogens is 3. The van der Waals surface area contributed by atoms with Crippen molar-refractivity contribution in [2.75, 3.05) is 11.2 Å². The minimum absolute atomic E-state index is 0.229. The largest absolute Gasteiger partial charge is 0.854 e. The fourth-order valence-electron chi connectivity index (χ4n) is 3.32. The smallest absolute Gasteiger partial charge is 0.293 e. The van der Waals surface area contributed by atoms with E-state index in [0.29, 0.717) is 22.0 Å². The molecule has 9 heteroatoms. The maximum atomic E-state index is 13.5. The predicted molar refractivity (Wildman–Crippen MR) is 104 cm³/mol. The molecule has 0 saturated carbocycles. The van der Waals surface area contributed by atoms with Gasteiger partial charge in [-0.3, -0.25) is 4.79 Å². The van der Waals surface area contributed by atoms with Crippen LogP contribution in [0.2, 0.25) is 0 Å². The van der Waals surface area contributed by atoms with Crippen molar-refractivity contribution in [3.05, 3.63) is 58.3 Å². The van der Waals surface area contributed by atoms with Crippen LogP contribution in [-0.2, 0) is 4.79 Å². The van der Waals surface area contributed by atoms with Gasteiger partial charge < -0.3 is 5.11 Å². The molecule has 1 amide bonds. The third-order valence-electron chi connectivity index (χ3n) is 4.46. The summed E-state index contributed by atoms with van der Waals surface area (Å²) >= 11 is 4.65. The highest BCUT2D eigenvalue weighted by Gasteiger charge is 2.43. The van der Waals surface area contributed by atoms with Crippen molar-refractivity contribution < 1.29 is 19.0 Å². The Hall–Kier alpha value is -2.52. The Bertz CT molecular complexity index is 1090. The van der Waals surface area contributed by atoms with E-state index in [0.717, 1.165) is 4.47 Å². The minimum atomic E-state index is -0.733. The number of thioether (sulfide) groups is 1. The summed E-state index contributed by atoms with van der Waals surface area (Å²) in [6.45, 7) is 1.45. The third kappa shape index (κ3) is 3.04. The number of rotatable bonds is 2. The van der Waals surface area contributed by atoms with Crippen molar-refractivity contribution in [2.45, 2.75) is 18.2 Å². The van der Waals surface area contributed by atoms with Gasteiger partial charge in [0.05, 0.1) is 17.1 Å². The zero-order chi connectivity index (χ0) is 20.0. The van der Waals surface area contributed by atoms with E-state index in [2.05, 4.69) is 26.0 Å². The number of amides is 1. The van der Waals surface area contributed by atoms with Crippen molar-refractivity contribution in [1.82, 2.24) is 10.1 Å². The molecule has 0 saturated heterocycles. The first-order chi connectivity index (χ1) is 13.4. The first-order valence-electron chi connectivity index (χ1n) is 8.30. The van der Waals surface area contributed by atoms with Gasteiger partial charge in [0.1, 0.15) is 5.82 Å². The van der Waals surface area contributed by atoms with Crippen molar-refractivity contribution in [1.29, 1.82) is 0 Å². The van der Waals surface area contributed by atoms with Crippen molar-refractivity contribution in [2.24, 2.45) is 0 Å². The van der Waals surface area contributed by atoms with Gasteiger partial charge in [0.25, 0.3) is 17.0 Å². The molecular formula is C19H14BrFN4O2S. The van der Waals surface area contributed by atoms with Gasteiger partial charge in [0.2, 0.25) is 5.91 Å². The zero-order valence-electron chi connectivity index (χ0n) is 14.9. The fourth-order valence-corrected chi connectivity index (χ4v) is 4.03. The average Bonchev–Trinajstić information content (AvgIpc) is 2.67. The highest BCUT2D eigenvalue weighted by Crippen LogP contribution is 2.42. The van der Waals surface area contributed by atoms with Crippen LogP contribution in [0.15, 0.2) is 52.1 Å². The lowest BCUT2D eigenvalue weighted by molar-refractivity contribution is -0.764. The van der Waals surface area contributed by atoms with Gasteiger partial charge in [0, 0.05) is 22.1 Å². The Morgan fingerprint density at radius 1 is 1.29 bits per heavy atom. The zero-order valence-corrected chi connectivity index (χ0v) is 17.3. The van der Waals surface area contributed by atoms with Crippen LogP contribution in [0, 0.1) is 5.82 Å². The van der Waals surface area contributed by atoms with Crippen molar-refractivity contribution in [3.63, 3.8) is 0 Å². The highest BCUT2D eigenvalue weighted by atomic mass is 79.9. The summed E-state index contributed by atoms with van der Waals surface area (Å²) in [5.74, 6) is -1.05. The summed E-state index contributed by atoms with van der Waals surface area (Å²) in [4.78, 5) is 18.2. The molecule has 2 heterocycles. The maximum Gasteiger partial charge on any atom is 0.293 e. The minimum Gasteiger partial charge on any atom is -0.854 e. The normalized spacial score (nSPS) is 15.1. The Morgan fingerprint density at radius 2 is 2.00 bits per heavy atom. The molecule has 6 nitrogen and oxygen atoms in total. The van der Waals surface area contributed by atoms with E-state index in [1.807, 2.05) is 0 Å². The number of fused-ring (bicyclic) bond motifs is 3. The van der Waals surface area contributed by atoms with Crippen molar-refractivity contribution >= 4 is 39.3 Å². The van der Waals surface area contributed by atoms with Crippen LogP contribution < -0.4 is 14.7 Å². The number of hydrogen-bond donors (Lipinski definition) is 0. The Kier molecular flexibility index (Phi) is 4.80. The molecule has 142 valence electrons. The van der Waals surface area contributed by atoms with E-state index < -0.39 is 12.0 Å². The summed E-state index contributed by atoms with van der Waals surface area (Å²) < 4.78 is 15.8. The van der Waals surface area contributed by atoms with Crippen LogP contribution in [0.4, 0.5) is 10.1 Å². The molecule has 1 unspecified atom stereocenters. The Labute approximate surface area is 173 Å². The second kappa shape index (κ2) is 7.14. The average molecular weight is 461 g/mol. The quantitative estimate of drug-likeness (QED) is 0.434. The number of carbonyl (C=O) groups is 1. The lowest BCUT2D eigenvalue weighted by Gasteiger charge is -2.33. The highest BCUT2D eigenvalue weighted by molar-refractivity contribution is 9.10. The molecule has 0 fully saturated rings. The summed E-state index contributed by atoms with van der Waals surface area (Å²) in [5.41, 5.74) is 2.03. The lowest BCUT2D eigenvalue weighted by atomic mass is 10.0. The van der Waals surface area contributed by atoms with Gasteiger partial charge in [-0.05, 0) is 48.7 Å². The van der Waals surface area contributed by atoms with E-state index in [4.69, 9.17) is 0 Å². The molecule has 1 atom stereocenters. The standard InChI is InChI=1S/C19H14BrFN4O2S/c1-10(26)24-15-8-5-12(20)9-14(15)16-17(27)22-19(28-2)23-25(16)18(24)11-3-6-13(21)7-4-11/h3-9,18H,1-2H3. The molecular weight excluding hydrogens is 447 g/mol. The topological polar surface area (TPSA) is 73.0 Å². The molecule has 2 aromatic carbocycles. The molecule has 0 bridgehead atoms. The number of benzene rings is 2. The summed E-state index contributed by atoms with van der Waals surface area (Å²) in [7, 11) is 0. The van der Waals surface area contributed by atoms with Crippen LogP contribution in [0.1, 0.15) is 18.7 Å². The molecule has 0 spiro atoms. The van der Waals surface area contributed by atoms with Gasteiger partial charge >= 0.3 is 0 Å². The van der Waals surface area contributed by atoms with Crippen molar-refractivity contribution in [3.8, 4) is 17.1 Å². The van der Waals surface area contributed by atoms with E-state index in [-0.39, 0.29) is 17.4 Å². The third-order valence-corrected chi connectivity index (χ3v) is 5.49. The van der Waals surface area contributed by atoms with Gasteiger partial charge in [-0.25, -0.2) is 14.3 Å². The van der Waals surface area contributed by atoms with Gasteiger partial charge in [-0.15, -0.1) is 0 Å². The van der Waals surface area contributed by atoms with E-state index in [9.17, 15) is 14.3 Å². The Balaban J connectivity index is 2.08. The molecule has 4 rings (SSSR count). The predicted octanol–water partition coefficient (Wildman–Crippen LogP) is 3.04. The molecule has 0 aliphatic carbocycles. The van der Waals surface area contributed by atoms with Crippen LogP contribution in [-0.4, -0.2) is 22.2 Å². The van der Waals surface area contributed by atoms with Crippen LogP contribution in [0.3, 0.4) is 0 Å². The van der Waals surface area contributed by atoms with E-state index >= 15 is 0 Å². The number of hydrogen-bond acceptors (Lipinski definition) is 5. The molecule has 1 aliphatic heterocycles. The Morgan fingerprint density at radius 3 is 2.64 bits per heavy atom. The number of nitrogens with zero attached hydrogens (tertiary/aromatic N) is 4. The maximum absolute atomic E-state index is 13.5. The molecule has 0 N–H and O–H groups in total. The molecule has 1 aliphatic rings. The van der Waals surface area contributed by atoms with E-state index in [1.54, 1.807) is 41.5 Å². The van der Waals surface area contributed by atoms with Gasteiger partial charge in [-0.2, -0.15) is 0 Å². The summed E-state index contributed by atoms with van der Waals surface area (Å²) in [6.07, 6.45) is 1.04. The first kappa shape index (κ1) is 18.8. The van der Waals surface area contributed by atoms with Crippen LogP contribution in [0.25, 0.3) is 11.3 Å². The fraction of sp³-hybridized carbons (Fsp3) is 0.158. The molecule has 28 heavy (non-hydrogen) atoms. The number of anilines is 1. The molecule has 3 aromatic rings. The number of halogens is 2. The van der Waals surface area contributed by atoms with E-state index in [1.165, 1.54) is 35.5 Å². The summed E-state index contributed by atoms with van der Waals surface area (Å²) in [6, 6.07) is 11.1. The van der Waals surface area contributed by atoms with Crippen LogP contribution in [0.5, 0.6) is 5.88 Å². The monoisotopic (exact) mass is 460 g/mol. The first-order valence-corrected chi connectivity index (χ1v) is 10.3. The second-order valence-corrected chi connectivity index (χ2v) is 7.86.